The van der Waals surface area contributed by atoms with Gasteiger partial charge in [0.1, 0.15) is 5.82 Å². The lowest BCUT2D eigenvalue weighted by atomic mass is 9.86. The normalized spacial score (nSPS) is 17.8. The van der Waals surface area contributed by atoms with Crippen molar-refractivity contribution in [3.05, 3.63) is 29.6 Å². The summed E-state index contributed by atoms with van der Waals surface area (Å²) in [6.45, 7) is 6.27. The lowest BCUT2D eigenvalue weighted by Gasteiger charge is -2.19. The number of hydrogen-bond acceptors (Lipinski definition) is 1. The van der Waals surface area contributed by atoms with E-state index >= 15 is 0 Å². The molecule has 3 heteroatoms. The smallest absolute Gasteiger partial charge is 0.237 e. The molecule has 2 nitrogen and oxygen atoms in total. The number of hydrogen-bond donors (Lipinski definition) is 0. The highest BCUT2D eigenvalue weighted by Gasteiger charge is 2.44. The SMILES string of the molecule is CCCN1C(=O)C(C)(C)c2cccc(F)c21. The van der Waals surface area contributed by atoms with Crippen LogP contribution in [0.25, 0.3) is 0 Å². The number of carbonyl (C=O) groups is 1. The number of para-hydroxylation sites is 1. The highest BCUT2D eigenvalue weighted by molar-refractivity contribution is 6.07. The maximum atomic E-state index is 13.8. The van der Waals surface area contributed by atoms with E-state index in [1.54, 1.807) is 11.0 Å². The predicted molar refractivity (Wildman–Crippen MR) is 62.1 cm³/mol. The van der Waals surface area contributed by atoms with Crippen molar-refractivity contribution in [2.75, 3.05) is 11.4 Å². The van der Waals surface area contributed by atoms with Gasteiger partial charge in [-0.25, -0.2) is 4.39 Å². The summed E-state index contributed by atoms with van der Waals surface area (Å²) in [4.78, 5) is 13.8. The molecule has 86 valence electrons. The van der Waals surface area contributed by atoms with Gasteiger partial charge in [0.05, 0.1) is 11.1 Å². The number of halogens is 1. The summed E-state index contributed by atoms with van der Waals surface area (Å²) >= 11 is 0. The van der Waals surface area contributed by atoms with Crippen LogP contribution in [0.5, 0.6) is 0 Å². The number of nitrogens with zero attached hydrogens (tertiary/aromatic N) is 1. The fraction of sp³-hybridized carbons (Fsp3) is 0.462. The Hall–Kier alpha value is -1.38. The molecule has 1 aliphatic heterocycles. The molecule has 0 atom stereocenters. The minimum Gasteiger partial charge on any atom is -0.309 e. The number of fused-ring (bicyclic) bond motifs is 1. The van der Waals surface area contributed by atoms with Crippen LogP contribution in [-0.4, -0.2) is 12.5 Å². The van der Waals surface area contributed by atoms with E-state index in [0.29, 0.717) is 12.2 Å². The van der Waals surface area contributed by atoms with Crippen molar-refractivity contribution in [3.63, 3.8) is 0 Å². The molecule has 1 aliphatic rings. The highest BCUT2D eigenvalue weighted by Crippen LogP contribution is 2.42. The zero-order valence-electron chi connectivity index (χ0n) is 9.88. The first-order valence-electron chi connectivity index (χ1n) is 5.61. The molecule has 0 aromatic heterocycles. The fourth-order valence-electron chi connectivity index (χ4n) is 2.29. The average molecular weight is 221 g/mol. The lowest BCUT2D eigenvalue weighted by molar-refractivity contribution is -0.122. The van der Waals surface area contributed by atoms with Gasteiger partial charge in [-0.2, -0.15) is 0 Å². The predicted octanol–water partition coefficient (Wildman–Crippen LogP) is 2.86. The van der Waals surface area contributed by atoms with E-state index in [1.165, 1.54) is 6.07 Å². The third-order valence-electron chi connectivity index (χ3n) is 3.16. The first kappa shape index (κ1) is 11.1. The van der Waals surface area contributed by atoms with Crippen molar-refractivity contribution in [2.24, 2.45) is 0 Å². The Morgan fingerprint density at radius 3 is 2.69 bits per heavy atom. The van der Waals surface area contributed by atoms with Crippen molar-refractivity contribution in [2.45, 2.75) is 32.6 Å². The number of rotatable bonds is 2. The van der Waals surface area contributed by atoms with Crippen LogP contribution in [0, 0.1) is 5.82 Å². The van der Waals surface area contributed by atoms with Crippen LogP contribution in [-0.2, 0) is 10.2 Å². The van der Waals surface area contributed by atoms with Gasteiger partial charge in [0, 0.05) is 6.54 Å². The van der Waals surface area contributed by atoms with Crippen LogP contribution in [0.2, 0.25) is 0 Å². The second kappa shape index (κ2) is 3.58. The van der Waals surface area contributed by atoms with Gasteiger partial charge in [0.15, 0.2) is 0 Å². The number of benzene rings is 1. The summed E-state index contributed by atoms with van der Waals surface area (Å²) < 4.78 is 13.8. The summed E-state index contributed by atoms with van der Waals surface area (Å²) in [7, 11) is 0. The van der Waals surface area contributed by atoms with Crippen molar-refractivity contribution in [3.8, 4) is 0 Å². The molecule has 16 heavy (non-hydrogen) atoms. The zero-order chi connectivity index (χ0) is 11.9. The van der Waals surface area contributed by atoms with Gasteiger partial charge in [-0.05, 0) is 31.9 Å². The molecule has 0 radical (unpaired) electrons. The van der Waals surface area contributed by atoms with Gasteiger partial charge in [-0.1, -0.05) is 19.1 Å². The number of amides is 1. The maximum absolute atomic E-state index is 13.8. The Balaban J connectivity index is 2.61. The molecular weight excluding hydrogens is 205 g/mol. The van der Waals surface area contributed by atoms with Crippen molar-refractivity contribution >= 4 is 11.6 Å². The zero-order valence-corrected chi connectivity index (χ0v) is 9.88. The van der Waals surface area contributed by atoms with Crippen LogP contribution in [0.1, 0.15) is 32.8 Å². The Morgan fingerprint density at radius 1 is 1.38 bits per heavy atom. The van der Waals surface area contributed by atoms with E-state index in [-0.39, 0.29) is 11.7 Å². The van der Waals surface area contributed by atoms with E-state index in [0.717, 1.165) is 12.0 Å². The van der Waals surface area contributed by atoms with E-state index in [4.69, 9.17) is 0 Å². The molecule has 0 aliphatic carbocycles. The van der Waals surface area contributed by atoms with Crippen molar-refractivity contribution in [1.29, 1.82) is 0 Å². The van der Waals surface area contributed by atoms with Crippen LogP contribution < -0.4 is 4.90 Å². The molecule has 1 heterocycles. The second-order valence-electron chi connectivity index (χ2n) is 4.72. The Bertz CT molecular complexity index is 440. The molecular formula is C13H16FNO. The van der Waals surface area contributed by atoms with Crippen LogP contribution >= 0.6 is 0 Å². The standard InChI is InChI=1S/C13H16FNO/c1-4-8-15-11-9(6-5-7-10(11)14)13(2,3)12(15)16/h5-7H,4,8H2,1-3H3. The van der Waals surface area contributed by atoms with Crippen molar-refractivity contribution < 1.29 is 9.18 Å². The molecule has 0 saturated carbocycles. The first-order valence-corrected chi connectivity index (χ1v) is 5.61. The van der Waals surface area contributed by atoms with Gasteiger partial charge in [0.25, 0.3) is 0 Å². The minimum absolute atomic E-state index is 0.00514. The molecule has 0 N–H and O–H groups in total. The van der Waals surface area contributed by atoms with Gasteiger partial charge >= 0.3 is 0 Å². The third-order valence-corrected chi connectivity index (χ3v) is 3.16. The summed E-state index contributed by atoms with van der Waals surface area (Å²) in [5, 5.41) is 0. The van der Waals surface area contributed by atoms with Crippen LogP contribution in [0.3, 0.4) is 0 Å². The van der Waals surface area contributed by atoms with E-state index in [2.05, 4.69) is 0 Å². The van der Waals surface area contributed by atoms with Crippen molar-refractivity contribution in [1.82, 2.24) is 0 Å². The Morgan fingerprint density at radius 2 is 2.06 bits per heavy atom. The summed E-state index contributed by atoms with van der Waals surface area (Å²) in [5.41, 5.74) is 0.664. The maximum Gasteiger partial charge on any atom is 0.237 e. The first-order chi connectivity index (χ1) is 7.50. The van der Waals surface area contributed by atoms with E-state index in [9.17, 15) is 9.18 Å². The Labute approximate surface area is 95.1 Å². The monoisotopic (exact) mass is 221 g/mol. The van der Waals surface area contributed by atoms with Gasteiger partial charge in [-0.15, -0.1) is 0 Å². The topological polar surface area (TPSA) is 20.3 Å². The van der Waals surface area contributed by atoms with Gasteiger partial charge < -0.3 is 4.90 Å². The second-order valence-corrected chi connectivity index (χ2v) is 4.72. The molecule has 0 fully saturated rings. The quantitative estimate of drug-likeness (QED) is 0.752. The van der Waals surface area contributed by atoms with E-state index in [1.807, 2.05) is 26.8 Å². The van der Waals surface area contributed by atoms with Crippen LogP contribution in [0.4, 0.5) is 10.1 Å². The van der Waals surface area contributed by atoms with Gasteiger partial charge in [-0.3, -0.25) is 4.79 Å². The molecule has 0 unspecified atom stereocenters. The molecule has 1 aromatic carbocycles. The molecule has 0 spiro atoms. The van der Waals surface area contributed by atoms with E-state index < -0.39 is 5.41 Å². The average Bonchev–Trinajstić information content (AvgIpc) is 2.42. The summed E-state index contributed by atoms with van der Waals surface area (Å²) in [6, 6.07) is 4.92. The fourth-order valence-corrected chi connectivity index (χ4v) is 2.29. The largest absolute Gasteiger partial charge is 0.309 e. The third kappa shape index (κ3) is 1.34. The number of anilines is 1. The van der Waals surface area contributed by atoms with Gasteiger partial charge in [0.2, 0.25) is 5.91 Å². The molecule has 1 amide bonds. The number of carbonyl (C=O) groups excluding carboxylic acids is 1. The minimum atomic E-state index is -0.605. The molecule has 1 aromatic rings. The highest BCUT2D eigenvalue weighted by atomic mass is 19.1. The lowest BCUT2D eigenvalue weighted by Crippen LogP contribution is -2.36. The molecule has 0 saturated heterocycles. The summed E-state index contributed by atoms with van der Waals surface area (Å²) in [6.07, 6.45) is 0.829. The summed E-state index contributed by atoms with van der Waals surface area (Å²) in [5.74, 6) is -0.306. The molecule has 0 bridgehead atoms. The van der Waals surface area contributed by atoms with Crippen LogP contribution in [0.15, 0.2) is 18.2 Å². The Kier molecular flexibility index (Phi) is 2.49. The molecule has 2 rings (SSSR count).